The monoisotopic (exact) mass is 474 g/mol. The van der Waals surface area contributed by atoms with Crippen molar-refractivity contribution in [2.24, 2.45) is 5.92 Å². The van der Waals surface area contributed by atoms with Gasteiger partial charge < -0.3 is 10.3 Å². The van der Waals surface area contributed by atoms with Crippen LogP contribution in [0, 0.1) is 18.9 Å². The van der Waals surface area contributed by atoms with Gasteiger partial charge in [0.05, 0.1) is 5.75 Å². The summed E-state index contributed by atoms with van der Waals surface area (Å²) in [6, 6.07) is 3.89. The van der Waals surface area contributed by atoms with Crippen LogP contribution in [0.3, 0.4) is 0 Å². The molecule has 2 heterocycles. The van der Waals surface area contributed by atoms with Crippen molar-refractivity contribution in [2.45, 2.75) is 46.6 Å². The minimum absolute atomic E-state index is 0.0120. The third-order valence-corrected chi connectivity index (χ3v) is 7.13. The Morgan fingerprint density at radius 3 is 2.70 bits per heavy atom. The quantitative estimate of drug-likeness (QED) is 0.478. The molecule has 0 unspecified atom stereocenters. The van der Waals surface area contributed by atoms with Gasteiger partial charge in [0, 0.05) is 31.5 Å². The average Bonchev–Trinajstić information content (AvgIpc) is 3.26. The first-order valence-electron chi connectivity index (χ1n) is 10.8. The van der Waals surface area contributed by atoms with Gasteiger partial charge in [-0.25, -0.2) is 18.1 Å². The Labute approximate surface area is 191 Å². The highest BCUT2D eigenvalue weighted by Crippen LogP contribution is 2.28. The lowest BCUT2D eigenvalue weighted by Gasteiger charge is -2.13. The Hall–Kier alpha value is -2.92. The number of nitrogens with one attached hydrogen (secondary N) is 1. The van der Waals surface area contributed by atoms with Crippen molar-refractivity contribution in [1.82, 2.24) is 24.2 Å². The van der Waals surface area contributed by atoms with Crippen molar-refractivity contribution in [1.29, 1.82) is 0 Å². The van der Waals surface area contributed by atoms with Gasteiger partial charge >= 0.3 is 6.08 Å². The number of fused-ring (bicyclic) bond motifs is 2. The zero-order valence-electron chi connectivity index (χ0n) is 18.9. The fourth-order valence-corrected chi connectivity index (χ4v) is 5.16. The van der Waals surface area contributed by atoms with Gasteiger partial charge in [0.2, 0.25) is 10.0 Å². The molecule has 4 rings (SSSR count). The van der Waals surface area contributed by atoms with Gasteiger partial charge in [-0.05, 0) is 42.0 Å². The SMILES string of the molecule is Cc1cc2c(cc1Cc1nc3c(N)nc(F)nc3n1CCS(=O)(=O)NCC(C)C)C(=O)CC2. The number of nitrogens with zero attached hydrogens (tertiary/aromatic N) is 4. The fraction of sp³-hybridized carbons (Fsp3) is 0.455. The molecular weight excluding hydrogens is 447 g/mol. The molecule has 33 heavy (non-hydrogen) atoms. The van der Waals surface area contributed by atoms with Gasteiger partial charge in [-0.15, -0.1) is 0 Å². The number of carbonyl (C=O) groups excluding carboxylic acids is 1. The normalized spacial score (nSPS) is 13.9. The maximum absolute atomic E-state index is 13.9. The van der Waals surface area contributed by atoms with Crippen LogP contribution in [0.1, 0.15) is 53.1 Å². The van der Waals surface area contributed by atoms with Crippen LogP contribution in [0.5, 0.6) is 0 Å². The second kappa shape index (κ2) is 8.79. The number of hydrogen-bond donors (Lipinski definition) is 2. The number of hydrogen-bond acceptors (Lipinski definition) is 7. The number of Topliss-reactive ketones (excluding diaryl/α,β-unsaturated/α-hetero) is 1. The first-order chi connectivity index (χ1) is 15.5. The summed E-state index contributed by atoms with van der Waals surface area (Å²) in [7, 11) is -3.57. The summed E-state index contributed by atoms with van der Waals surface area (Å²) in [5.41, 5.74) is 9.86. The third kappa shape index (κ3) is 4.88. The van der Waals surface area contributed by atoms with Gasteiger partial charge in [0.15, 0.2) is 22.8 Å². The molecule has 2 aromatic heterocycles. The molecule has 0 spiro atoms. The van der Waals surface area contributed by atoms with E-state index in [0.717, 1.165) is 23.1 Å². The lowest BCUT2D eigenvalue weighted by Crippen LogP contribution is -2.31. The van der Waals surface area contributed by atoms with E-state index in [9.17, 15) is 17.6 Å². The molecule has 0 amide bonds. The molecule has 11 heteroatoms. The summed E-state index contributed by atoms with van der Waals surface area (Å²) >= 11 is 0. The Kier molecular flexibility index (Phi) is 6.19. The van der Waals surface area contributed by atoms with E-state index in [4.69, 9.17) is 5.73 Å². The van der Waals surface area contributed by atoms with Crippen molar-refractivity contribution < 1.29 is 17.6 Å². The molecular formula is C22H27FN6O3S. The van der Waals surface area contributed by atoms with Crippen molar-refractivity contribution in [3.8, 4) is 0 Å². The standard InChI is InChI=1S/C22H27FN6O3S/c1-12(2)11-25-33(31,32)7-6-29-18(26-19-20(24)27-22(23)28-21(19)29)10-15-9-16-14(8-13(15)3)4-5-17(16)30/h8-9,12,25H,4-7,10-11H2,1-3H3,(H2,24,27,28). The number of nitrogen functional groups attached to an aromatic ring is 1. The molecule has 0 aliphatic heterocycles. The molecule has 0 saturated carbocycles. The maximum Gasteiger partial charge on any atom is 0.312 e. The number of ketones is 1. The Bertz CT molecular complexity index is 1350. The molecule has 3 aromatic rings. The molecule has 9 nitrogen and oxygen atoms in total. The number of benzene rings is 1. The second-order valence-corrected chi connectivity index (χ2v) is 10.8. The Balaban J connectivity index is 1.72. The van der Waals surface area contributed by atoms with Crippen LogP contribution in [0.4, 0.5) is 10.2 Å². The fourth-order valence-electron chi connectivity index (χ4n) is 4.01. The van der Waals surface area contributed by atoms with Gasteiger partial charge in [0.25, 0.3) is 0 Å². The summed E-state index contributed by atoms with van der Waals surface area (Å²) in [5.74, 6) is 0.407. The van der Waals surface area contributed by atoms with Crippen molar-refractivity contribution in [3.63, 3.8) is 0 Å². The smallest absolute Gasteiger partial charge is 0.312 e. The van der Waals surface area contributed by atoms with Crippen LogP contribution in [0.2, 0.25) is 0 Å². The second-order valence-electron chi connectivity index (χ2n) is 8.83. The van der Waals surface area contributed by atoms with Crippen molar-refractivity contribution >= 4 is 32.8 Å². The van der Waals surface area contributed by atoms with E-state index in [1.165, 1.54) is 0 Å². The summed E-state index contributed by atoms with van der Waals surface area (Å²) in [4.78, 5) is 24.1. The highest BCUT2D eigenvalue weighted by Gasteiger charge is 2.23. The minimum atomic E-state index is -3.57. The predicted octanol–water partition coefficient (Wildman–Crippen LogP) is 2.15. The zero-order chi connectivity index (χ0) is 23.9. The number of aryl methyl sites for hydroxylation is 3. The topological polar surface area (TPSA) is 133 Å². The van der Waals surface area contributed by atoms with E-state index < -0.39 is 16.1 Å². The van der Waals surface area contributed by atoms with Gasteiger partial charge in [0.1, 0.15) is 5.82 Å². The van der Waals surface area contributed by atoms with Crippen LogP contribution in [0.15, 0.2) is 12.1 Å². The van der Waals surface area contributed by atoms with Gasteiger partial charge in [-0.2, -0.15) is 14.4 Å². The summed E-state index contributed by atoms with van der Waals surface area (Å²) in [5, 5.41) is 0. The average molecular weight is 475 g/mol. The number of sulfonamides is 1. The van der Waals surface area contributed by atoms with E-state index in [1.54, 1.807) is 4.57 Å². The van der Waals surface area contributed by atoms with Crippen LogP contribution < -0.4 is 10.5 Å². The maximum atomic E-state index is 13.9. The highest BCUT2D eigenvalue weighted by molar-refractivity contribution is 7.89. The van der Waals surface area contributed by atoms with Crippen LogP contribution in [-0.2, 0) is 29.4 Å². The number of halogens is 1. The zero-order valence-corrected chi connectivity index (χ0v) is 19.7. The number of rotatable bonds is 8. The number of aromatic nitrogens is 4. The van der Waals surface area contributed by atoms with Crippen LogP contribution in [-0.4, -0.2) is 46.0 Å². The van der Waals surface area contributed by atoms with Crippen LogP contribution in [0.25, 0.3) is 11.2 Å². The number of anilines is 1. The molecule has 0 bridgehead atoms. The number of carbonyl (C=O) groups is 1. The van der Waals surface area contributed by atoms with Gasteiger partial charge in [-0.3, -0.25) is 4.79 Å². The molecule has 1 aliphatic rings. The molecule has 176 valence electrons. The Morgan fingerprint density at radius 1 is 1.21 bits per heavy atom. The van der Waals surface area contributed by atoms with Crippen LogP contribution >= 0.6 is 0 Å². The molecule has 0 fully saturated rings. The molecule has 1 aliphatic carbocycles. The lowest BCUT2D eigenvalue weighted by molar-refractivity contribution is 0.0994. The molecule has 0 atom stereocenters. The summed E-state index contributed by atoms with van der Waals surface area (Å²) < 4.78 is 43.0. The third-order valence-electron chi connectivity index (χ3n) is 5.80. The van der Waals surface area contributed by atoms with Crippen molar-refractivity contribution in [2.75, 3.05) is 18.0 Å². The molecule has 1 aromatic carbocycles. The first-order valence-corrected chi connectivity index (χ1v) is 12.5. The summed E-state index contributed by atoms with van der Waals surface area (Å²) in [6.45, 7) is 6.12. The van der Waals surface area contributed by atoms with E-state index in [0.29, 0.717) is 30.8 Å². The highest BCUT2D eigenvalue weighted by atomic mass is 32.2. The molecule has 0 radical (unpaired) electrons. The lowest BCUT2D eigenvalue weighted by atomic mass is 9.98. The first kappa shape index (κ1) is 23.2. The number of imidazole rings is 1. The minimum Gasteiger partial charge on any atom is -0.382 e. The summed E-state index contributed by atoms with van der Waals surface area (Å²) in [6.07, 6.45) is 0.542. The van der Waals surface area contributed by atoms with E-state index in [-0.39, 0.29) is 41.0 Å². The van der Waals surface area contributed by atoms with Gasteiger partial charge in [-0.1, -0.05) is 19.9 Å². The van der Waals surface area contributed by atoms with Crippen molar-refractivity contribution in [3.05, 3.63) is 46.3 Å². The number of nitrogens with two attached hydrogens (primary N) is 1. The largest absolute Gasteiger partial charge is 0.382 e. The van der Waals surface area contributed by atoms with E-state index in [1.807, 2.05) is 32.9 Å². The Morgan fingerprint density at radius 2 is 1.97 bits per heavy atom. The molecule has 3 N–H and O–H groups in total. The van der Waals surface area contributed by atoms with E-state index in [2.05, 4.69) is 19.7 Å². The predicted molar refractivity (Wildman–Crippen MR) is 123 cm³/mol. The molecule has 0 saturated heterocycles. The van der Waals surface area contributed by atoms with E-state index >= 15 is 0 Å².